The first-order valence-corrected chi connectivity index (χ1v) is 7.44. The number of carbonyl (C=O) groups excluding carboxylic acids is 2. The summed E-state index contributed by atoms with van der Waals surface area (Å²) in [5.74, 6) is 2.21. The summed E-state index contributed by atoms with van der Waals surface area (Å²) in [6, 6.07) is 1.42. The second-order valence-electron chi connectivity index (χ2n) is 5.03. The molecule has 3 amide bonds. The SMILES string of the molecule is Cc1cc(N2C(=O)NC3(CCSCC3)C2=O)n(C)n1. The van der Waals surface area contributed by atoms with Crippen LogP contribution in [0.4, 0.5) is 10.6 Å². The number of rotatable bonds is 1. The summed E-state index contributed by atoms with van der Waals surface area (Å²) in [6.45, 7) is 1.84. The van der Waals surface area contributed by atoms with Gasteiger partial charge < -0.3 is 5.32 Å². The van der Waals surface area contributed by atoms with Gasteiger partial charge in [0.25, 0.3) is 5.91 Å². The molecule has 1 aromatic rings. The van der Waals surface area contributed by atoms with Gasteiger partial charge in [-0.3, -0.25) is 9.48 Å². The first-order valence-electron chi connectivity index (χ1n) is 6.29. The zero-order chi connectivity index (χ0) is 13.6. The van der Waals surface area contributed by atoms with Crippen LogP contribution in [0.2, 0.25) is 0 Å². The molecule has 1 aromatic heterocycles. The van der Waals surface area contributed by atoms with E-state index in [1.165, 1.54) is 4.90 Å². The lowest BCUT2D eigenvalue weighted by molar-refractivity contribution is -0.122. The molecule has 2 aliphatic rings. The Morgan fingerprint density at radius 3 is 2.63 bits per heavy atom. The van der Waals surface area contributed by atoms with E-state index in [9.17, 15) is 9.59 Å². The summed E-state index contributed by atoms with van der Waals surface area (Å²) in [6.07, 6.45) is 1.41. The highest BCUT2D eigenvalue weighted by atomic mass is 32.2. The molecule has 102 valence electrons. The molecule has 3 rings (SSSR count). The topological polar surface area (TPSA) is 67.2 Å². The largest absolute Gasteiger partial charge is 0.330 e. The summed E-state index contributed by atoms with van der Waals surface area (Å²) in [5, 5.41) is 7.08. The monoisotopic (exact) mass is 280 g/mol. The highest BCUT2D eigenvalue weighted by molar-refractivity contribution is 7.99. The van der Waals surface area contributed by atoms with E-state index in [0.29, 0.717) is 18.7 Å². The third-order valence-corrected chi connectivity index (χ3v) is 4.70. The summed E-state index contributed by atoms with van der Waals surface area (Å²) in [5.41, 5.74) is 0.0961. The van der Waals surface area contributed by atoms with E-state index in [1.807, 2.05) is 18.7 Å². The van der Waals surface area contributed by atoms with Crippen LogP contribution in [0.15, 0.2) is 6.07 Å². The van der Waals surface area contributed by atoms with Crippen molar-refractivity contribution in [3.05, 3.63) is 11.8 Å². The Bertz CT molecular complexity index is 548. The molecular weight excluding hydrogens is 264 g/mol. The van der Waals surface area contributed by atoms with Gasteiger partial charge in [0.2, 0.25) is 0 Å². The zero-order valence-corrected chi connectivity index (χ0v) is 11.8. The molecule has 0 bridgehead atoms. The lowest BCUT2D eigenvalue weighted by Crippen LogP contribution is -2.49. The van der Waals surface area contributed by atoms with Crippen molar-refractivity contribution in [1.29, 1.82) is 0 Å². The number of hydrogen-bond donors (Lipinski definition) is 1. The van der Waals surface area contributed by atoms with Crippen molar-refractivity contribution in [1.82, 2.24) is 15.1 Å². The molecule has 0 atom stereocenters. The van der Waals surface area contributed by atoms with E-state index in [-0.39, 0.29) is 11.9 Å². The first kappa shape index (κ1) is 12.5. The minimum Gasteiger partial charge on any atom is -0.323 e. The Morgan fingerprint density at radius 2 is 2.05 bits per heavy atom. The summed E-state index contributed by atoms with van der Waals surface area (Å²) >= 11 is 1.82. The lowest BCUT2D eigenvalue weighted by Gasteiger charge is -2.30. The third-order valence-electron chi connectivity index (χ3n) is 3.71. The molecular formula is C12H16N4O2S. The number of nitrogens with zero attached hydrogens (tertiary/aromatic N) is 3. The summed E-state index contributed by atoms with van der Waals surface area (Å²) in [4.78, 5) is 26.0. The van der Waals surface area contributed by atoms with Gasteiger partial charge >= 0.3 is 6.03 Å². The Labute approximate surface area is 115 Å². The van der Waals surface area contributed by atoms with Gasteiger partial charge in [-0.05, 0) is 31.3 Å². The van der Waals surface area contributed by atoms with Gasteiger partial charge in [-0.25, -0.2) is 9.69 Å². The van der Waals surface area contributed by atoms with Crippen molar-refractivity contribution in [2.45, 2.75) is 25.3 Å². The molecule has 1 N–H and O–H groups in total. The molecule has 0 aliphatic carbocycles. The maximum Gasteiger partial charge on any atom is 0.330 e. The van der Waals surface area contributed by atoms with Gasteiger partial charge in [0.15, 0.2) is 0 Å². The second kappa shape index (κ2) is 4.26. The fourth-order valence-electron chi connectivity index (χ4n) is 2.69. The number of nitrogens with one attached hydrogen (secondary N) is 1. The first-order chi connectivity index (χ1) is 9.03. The van der Waals surface area contributed by atoms with Gasteiger partial charge in [-0.1, -0.05) is 0 Å². The smallest absolute Gasteiger partial charge is 0.323 e. The third kappa shape index (κ3) is 1.83. The van der Waals surface area contributed by atoms with E-state index < -0.39 is 5.54 Å². The maximum atomic E-state index is 12.6. The fraction of sp³-hybridized carbons (Fsp3) is 0.583. The van der Waals surface area contributed by atoms with E-state index >= 15 is 0 Å². The number of imide groups is 1. The zero-order valence-electron chi connectivity index (χ0n) is 11.0. The number of thioether (sulfide) groups is 1. The Morgan fingerprint density at radius 1 is 1.37 bits per heavy atom. The predicted molar refractivity (Wildman–Crippen MR) is 73.3 cm³/mol. The Hall–Kier alpha value is -1.50. The molecule has 7 heteroatoms. The number of amides is 3. The van der Waals surface area contributed by atoms with E-state index in [2.05, 4.69) is 10.4 Å². The molecule has 6 nitrogen and oxygen atoms in total. The van der Waals surface area contributed by atoms with Crippen molar-refractivity contribution in [3.8, 4) is 0 Å². The van der Waals surface area contributed by atoms with Crippen LogP contribution in [0.3, 0.4) is 0 Å². The van der Waals surface area contributed by atoms with Crippen LogP contribution in [0.5, 0.6) is 0 Å². The molecule has 0 radical (unpaired) electrons. The number of aryl methyl sites for hydroxylation is 2. The average Bonchev–Trinajstić information content (AvgIpc) is 2.79. The molecule has 0 unspecified atom stereocenters. The number of anilines is 1. The van der Waals surface area contributed by atoms with Gasteiger partial charge in [0.05, 0.1) is 5.69 Å². The van der Waals surface area contributed by atoms with Crippen LogP contribution in [0.1, 0.15) is 18.5 Å². The van der Waals surface area contributed by atoms with Crippen LogP contribution in [-0.2, 0) is 11.8 Å². The standard InChI is InChI=1S/C12H16N4O2S/c1-8-7-9(15(2)14-8)16-10(17)12(13-11(16)18)3-5-19-6-4-12/h7H,3-6H2,1-2H3,(H,13,18). The fourth-order valence-corrected chi connectivity index (χ4v) is 3.88. The summed E-state index contributed by atoms with van der Waals surface area (Å²) < 4.78 is 1.57. The minimum absolute atomic E-state index is 0.138. The normalized spacial score (nSPS) is 22.1. The van der Waals surface area contributed by atoms with Crippen molar-refractivity contribution in [3.63, 3.8) is 0 Å². The molecule has 2 saturated heterocycles. The number of carbonyl (C=O) groups is 2. The van der Waals surface area contributed by atoms with Crippen LogP contribution < -0.4 is 10.2 Å². The Kier molecular flexibility index (Phi) is 2.81. The molecule has 2 aliphatic heterocycles. The van der Waals surface area contributed by atoms with Crippen LogP contribution >= 0.6 is 11.8 Å². The van der Waals surface area contributed by atoms with E-state index in [0.717, 1.165) is 17.2 Å². The quantitative estimate of drug-likeness (QED) is 0.781. The molecule has 0 aromatic carbocycles. The molecule has 19 heavy (non-hydrogen) atoms. The average molecular weight is 280 g/mol. The highest BCUT2D eigenvalue weighted by Crippen LogP contribution is 2.34. The van der Waals surface area contributed by atoms with Gasteiger partial charge in [0, 0.05) is 13.1 Å². The van der Waals surface area contributed by atoms with Crippen LogP contribution in [0.25, 0.3) is 0 Å². The Balaban J connectivity index is 1.97. The molecule has 2 fully saturated rings. The number of aromatic nitrogens is 2. The predicted octanol–water partition coefficient (Wildman–Crippen LogP) is 1.05. The van der Waals surface area contributed by atoms with Crippen LogP contribution in [0, 0.1) is 6.92 Å². The van der Waals surface area contributed by atoms with Crippen LogP contribution in [-0.4, -0.2) is 38.8 Å². The van der Waals surface area contributed by atoms with Crippen molar-refractivity contribution in [2.75, 3.05) is 16.4 Å². The van der Waals surface area contributed by atoms with Crippen molar-refractivity contribution >= 4 is 29.5 Å². The number of urea groups is 1. The molecule has 3 heterocycles. The van der Waals surface area contributed by atoms with Crippen molar-refractivity contribution < 1.29 is 9.59 Å². The van der Waals surface area contributed by atoms with Crippen molar-refractivity contribution in [2.24, 2.45) is 7.05 Å². The summed E-state index contributed by atoms with van der Waals surface area (Å²) in [7, 11) is 1.74. The van der Waals surface area contributed by atoms with Gasteiger partial charge in [-0.2, -0.15) is 16.9 Å². The second-order valence-corrected chi connectivity index (χ2v) is 6.26. The molecule has 1 spiro atoms. The highest BCUT2D eigenvalue weighted by Gasteiger charge is 2.52. The van der Waals surface area contributed by atoms with E-state index in [4.69, 9.17) is 0 Å². The molecule has 0 saturated carbocycles. The number of hydrogen-bond acceptors (Lipinski definition) is 4. The van der Waals surface area contributed by atoms with E-state index in [1.54, 1.807) is 17.8 Å². The lowest BCUT2D eigenvalue weighted by atomic mass is 9.92. The minimum atomic E-state index is -0.694. The maximum absolute atomic E-state index is 12.6. The van der Waals surface area contributed by atoms with Gasteiger partial charge in [-0.15, -0.1) is 0 Å². The van der Waals surface area contributed by atoms with Gasteiger partial charge in [0.1, 0.15) is 11.4 Å².